The summed E-state index contributed by atoms with van der Waals surface area (Å²) in [6, 6.07) is 11.0. The zero-order chi connectivity index (χ0) is 23.2. The molecule has 0 saturated heterocycles. The van der Waals surface area contributed by atoms with Gasteiger partial charge >= 0.3 is 6.03 Å². The number of hydrogen-bond donors (Lipinski definition) is 3. The number of ether oxygens (including phenoxy) is 2. The molecule has 31 heavy (non-hydrogen) atoms. The van der Waals surface area contributed by atoms with Gasteiger partial charge in [-0.05, 0) is 37.1 Å². The number of nitrogens with two attached hydrogens (primary N) is 1. The van der Waals surface area contributed by atoms with Crippen molar-refractivity contribution in [3.8, 4) is 11.5 Å². The van der Waals surface area contributed by atoms with E-state index in [0.29, 0.717) is 11.4 Å². The van der Waals surface area contributed by atoms with Gasteiger partial charge in [-0.15, -0.1) is 0 Å². The van der Waals surface area contributed by atoms with Gasteiger partial charge in [0.25, 0.3) is 0 Å². The van der Waals surface area contributed by atoms with Gasteiger partial charge in [-0.3, -0.25) is 0 Å². The summed E-state index contributed by atoms with van der Waals surface area (Å²) in [6.07, 6.45) is 0. The third-order valence-corrected chi connectivity index (χ3v) is 7.00. The number of para-hydroxylation sites is 1. The lowest BCUT2D eigenvalue weighted by Crippen LogP contribution is -2.32. The number of anilines is 1. The summed E-state index contributed by atoms with van der Waals surface area (Å²) in [5.41, 5.74) is 6.30. The van der Waals surface area contributed by atoms with Gasteiger partial charge in [0.15, 0.2) is 9.84 Å². The zero-order valence-corrected chi connectivity index (χ0v) is 19.4. The summed E-state index contributed by atoms with van der Waals surface area (Å²) in [7, 11) is -0.590. The lowest BCUT2D eigenvalue weighted by Gasteiger charge is -2.22. The molecule has 0 bridgehead atoms. The number of carbonyl (C=O) groups is 1. The van der Waals surface area contributed by atoms with Crippen molar-refractivity contribution in [2.24, 2.45) is 11.1 Å². The molecule has 2 rings (SSSR count). The number of benzene rings is 2. The molecular weight excluding hydrogens is 418 g/mol. The van der Waals surface area contributed by atoms with Crippen LogP contribution in [0.25, 0.3) is 0 Å². The van der Waals surface area contributed by atoms with Crippen LogP contribution in [0.1, 0.15) is 32.4 Å². The normalized spacial score (nSPS) is 12.7. The highest BCUT2D eigenvalue weighted by atomic mass is 32.2. The summed E-state index contributed by atoms with van der Waals surface area (Å²) >= 11 is 0. The fraction of sp³-hybridized carbons (Fsp3) is 0.409. The SMILES string of the molecule is COc1cc(S(=O)(=O)CC(C)(C)CN)ccc1NC(=O)NC(C)c1ccccc1OC. The molecule has 2 aromatic carbocycles. The molecule has 0 aliphatic rings. The average molecular weight is 450 g/mol. The second-order valence-corrected chi connectivity index (χ2v) is 10.0. The van der Waals surface area contributed by atoms with Crippen LogP contribution in [0.2, 0.25) is 0 Å². The van der Waals surface area contributed by atoms with Crippen LogP contribution >= 0.6 is 0 Å². The van der Waals surface area contributed by atoms with Crippen LogP contribution in [0, 0.1) is 5.41 Å². The van der Waals surface area contributed by atoms with Gasteiger partial charge in [0, 0.05) is 11.6 Å². The molecule has 0 aromatic heterocycles. The molecule has 1 unspecified atom stereocenters. The number of nitrogens with one attached hydrogen (secondary N) is 2. The maximum absolute atomic E-state index is 12.7. The Morgan fingerprint density at radius 1 is 1.10 bits per heavy atom. The molecular formula is C22H31N3O5S. The molecule has 0 aliphatic heterocycles. The fourth-order valence-electron chi connectivity index (χ4n) is 3.08. The second kappa shape index (κ2) is 10.0. The van der Waals surface area contributed by atoms with Crippen molar-refractivity contribution in [3.63, 3.8) is 0 Å². The molecule has 0 radical (unpaired) electrons. The van der Waals surface area contributed by atoms with E-state index in [-0.39, 0.29) is 29.0 Å². The molecule has 0 aliphatic carbocycles. The van der Waals surface area contributed by atoms with Gasteiger partial charge in [0.1, 0.15) is 11.5 Å². The van der Waals surface area contributed by atoms with Gasteiger partial charge in [-0.25, -0.2) is 13.2 Å². The van der Waals surface area contributed by atoms with Crippen LogP contribution in [0.3, 0.4) is 0 Å². The smallest absolute Gasteiger partial charge is 0.319 e. The van der Waals surface area contributed by atoms with Crippen LogP contribution in [0.4, 0.5) is 10.5 Å². The maximum Gasteiger partial charge on any atom is 0.319 e. The van der Waals surface area contributed by atoms with E-state index in [1.165, 1.54) is 25.3 Å². The minimum atomic E-state index is -3.57. The predicted octanol–water partition coefficient (Wildman–Crippen LogP) is 3.35. The van der Waals surface area contributed by atoms with E-state index in [9.17, 15) is 13.2 Å². The van der Waals surface area contributed by atoms with E-state index in [0.717, 1.165) is 5.56 Å². The Morgan fingerprint density at radius 3 is 2.35 bits per heavy atom. The van der Waals surface area contributed by atoms with Crippen molar-refractivity contribution < 1.29 is 22.7 Å². The van der Waals surface area contributed by atoms with Crippen LogP contribution < -0.4 is 25.8 Å². The molecule has 1 atom stereocenters. The topological polar surface area (TPSA) is 120 Å². The minimum absolute atomic E-state index is 0.0939. The highest BCUT2D eigenvalue weighted by Gasteiger charge is 2.27. The molecule has 8 nitrogen and oxygen atoms in total. The number of hydrogen-bond acceptors (Lipinski definition) is 6. The number of sulfone groups is 1. The lowest BCUT2D eigenvalue weighted by atomic mass is 9.97. The number of urea groups is 1. The first kappa shape index (κ1) is 24.5. The van der Waals surface area contributed by atoms with Gasteiger partial charge in [0.05, 0.1) is 36.6 Å². The molecule has 2 aromatic rings. The molecule has 0 fully saturated rings. The first-order valence-corrected chi connectivity index (χ1v) is 11.5. The van der Waals surface area contributed by atoms with Crippen LogP contribution in [-0.2, 0) is 9.84 Å². The molecule has 0 heterocycles. The Hall–Kier alpha value is -2.78. The second-order valence-electron chi connectivity index (χ2n) is 8.05. The number of amides is 2. The summed E-state index contributed by atoms with van der Waals surface area (Å²) in [4.78, 5) is 12.6. The fourth-order valence-corrected chi connectivity index (χ4v) is 4.96. The summed E-state index contributed by atoms with van der Waals surface area (Å²) in [6.45, 7) is 5.67. The highest BCUT2D eigenvalue weighted by Crippen LogP contribution is 2.30. The minimum Gasteiger partial charge on any atom is -0.496 e. The standard InChI is InChI=1S/C22H31N3O5S/c1-15(17-8-6-7-9-19(17)29-4)24-21(26)25-18-11-10-16(12-20(18)30-5)31(27,28)14-22(2,3)13-23/h6-12,15H,13-14,23H2,1-5H3,(H2,24,25,26). The maximum atomic E-state index is 12.7. The third kappa shape index (κ3) is 6.35. The first-order valence-electron chi connectivity index (χ1n) is 9.84. The number of carbonyl (C=O) groups excluding carboxylic acids is 1. The summed E-state index contributed by atoms with van der Waals surface area (Å²) in [5, 5.41) is 5.54. The van der Waals surface area contributed by atoms with Crippen molar-refractivity contribution >= 4 is 21.6 Å². The molecule has 4 N–H and O–H groups in total. The number of rotatable bonds is 9. The third-order valence-electron chi connectivity index (χ3n) is 4.87. The monoisotopic (exact) mass is 449 g/mol. The van der Waals surface area contributed by atoms with Crippen molar-refractivity contribution in [1.29, 1.82) is 0 Å². The Kier molecular flexibility index (Phi) is 7.91. The van der Waals surface area contributed by atoms with Crippen molar-refractivity contribution in [3.05, 3.63) is 48.0 Å². The molecule has 0 saturated carbocycles. The van der Waals surface area contributed by atoms with E-state index in [2.05, 4.69) is 10.6 Å². The van der Waals surface area contributed by atoms with Crippen molar-refractivity contribution in [2.45, 2.75) is 31.7 Å². The van der Waals surface area contributed by atoms with E-state index >= 15 is 0 Å². The van der Waals surface area contributed by atoms with Crippen LogP contribution in [0.5, 0.6) is 11.5 Å². The highest BCUT2D eigenvalue weighted by molar-refractivity contribution is 7.91. The van der Waals surface area contributed by atoms with Crippen LogP contribution in [0.15, 0.2) is 47.4 Å². The molecule has 9 heteroatoms. The van der Waals surface area contributed by atoms with Crippen molar-refractivity contribution in [1.82, 2.24) is 5.32 Å². The predicted molar refractivity (Wildman–Crippen MR) is 121 cm³/mol. The van der Waals surface area contributed by atoms with E-state index < -0.39 is 21.3 Å². The largest absolute Gasteiger partial charge is 0.496 e. The van der Waals surface area contributed by atoms with E-state index in [1.54, 1.807) is 21.0 Å². The average Bonchev–Trinajstić information content (AvgIpc) is 2.72. The van der Waals surface area contributed by atoms with E-state index in [1.807, 2.05) is 31.2 Å². The van der Waals surface area contributed by atoms with E-state index in [4.69, 9.17) is 15.2 Å². The summed E-state index contributed by atoms with van der Waals surface area (Å²) < 4.78 is 36.1. The molecule has 2 amide bonds. The zero-order valence-electron chi connectivity index (χ0n) is 18.6. The first-order chi connectivity index (χ1) is 14.5. The summed E-state index contributed by atoms with van der Waals surface area (Å²) in [5.74, 6) is 0.818. The van der Waals surface area contributed by atoms with Crippen molar-refractivity contribution in [2.75, 3.05) is 31.8 Å². The van der Waals surface area contributed by atoms with Gasteiger partial charge in [-0.1, -0.05) is 32.0 Å². The molecule has 170 valence electrons. The lowest BCUT2D eigenvalue weighted by molar-refractivity contribution is 0.249. The Labute approximate surface area is 184 Å². The number of methoxy groups -OCH3 is 2. The Bertz CT molecular complexity index is 1020. The van der Waals surface area contributed by atoms with Gasteiger partial charge < -0.3 is 25.8 Å². The molecule has 0 spiro atoms. The van der Waals surface area contributed by atoms with Gasteiger partial charge in [-0.2, -0.15) is 0 Å². The van der Waals surface area contributed by atoms with Crippen LogP contribution in [-0.4, -0.2) is 41.0 Å². The Morgan fingerprint density at radius 2 is 1.74 bits per heavy atom. The Balaban J connectivity index is 2.17. The van der Waals surface area contributed by atoms with Gasteiger partial charge in [0.2, 0.25) is 0 Å². The quantitative estimate of drug-likeness (QED) is 0.540.